The van der Waals surface area contributed by atoms with E-state index >= 15 is 0 Å². The van der Waals surface area contributed by atoms with Crippen LogP contribution in [0.2, 0.25) is 5.02 Å². The Hall–Kier alpha value is -0.350. The highest BCUT2D eigenvalue weighted by molar-refractivity contribution is 9.10. The van der Waals surface area contributed by atoms with Gasteiger partial charge >= 0.3 is 0 Å². The second-order valence-corrected chi connectivity index (χ2v) is 7.61. The summed E-state index contributed by atoms with van der Waals surface area (Å²) < 4.78 is 1.10. The Bertz CT molecular complexity index is 606. The summed E-state index contributed by atoms with van der Waals surface area (Å²) in [5.74, 6) is 0.823. The molecule has 0 bridgehead atoms. The molecule has 20 heavy (non-hydrogen) atoms. The highest BCUT2D eigenvalue weighted by Crippen LogP contribution is 2.45. The van der Waals surface area contributed by atoms with E-state index in [1.165, 1.54) is 28.2 Å². The van der Waals surface area contributed by atoms with Gasteiger partial charge in [-0.05, 0) is 55.6 Å². The topological polar surface area (TPSA) is 12.0 Å². The molecule has 1 aromatic heterocycles. The van der Waals surface area contributed by atoms with E-state index in [2.05, 4.69) is 40.3 Å². The first-order valence-electron chi connectivity index (χ1n) is 6.97. The predicted octanol–water partition coefficient (Wildman–Crippen LogP) is 5.89. The van der Waals surface area contributed by atoms with Crippen LogP contribution in [-0.4, -0.2) is 6.54 Å². The molecule has 0 saturated heterocycles. The standard InChI is InChI=1S/C16H17BrClNS/c1-2-19-16(10-3-4-10)15-8-7-14(20-15)12-9-11(18)5-6-13(12)17/h5-10,16,19H,2-4H2,1H3. The fourth-order valence-corrected chi connectivity index (χ4v) is 4.47. The van der Waals surface area contributed by atoms with Gasteiger partial charge < -0.3 is 5.32 Å². The number of nitrogens with one attached hydrogen (secondary N) is 1. The van der Waals surface area contributed by atoms with E-state index < -0.39 is 0 Å². The lowest BCUT2D eigenvalue weighted by atomic mass is 10.1. The van der Waals surface area contributed by atoms with Gasteiger partial charge in [-0.1, -0.05) is 34.5 Å². The summed E-state index contributed by atoms with van der Waals surface area (Å²) in [6.45, 7) is 3.20. The first kappa shape index (κ1) is 14.6. The van der Waals surface area contributed by atoms with Crippen molar-refractivity contribution in [2.75, 3.05) is 6.54 Å². The van der Waals surface area contributed by atoms with Gasteiger partial charge in [-0.3, -0.25) is 0 Å². The van der Waals surface area contributed by atoms with Gasteiger partial charge in [0, 0.05) is 30.9 Å². The second-order valence-electron chi connectivity index (χ2n) is 5.20. The number of rotatable bonds is 5. The van der Waals surface area contributed by atoms with Crippen molar-refractivity contribution in [1.29, 1.82) is 0 Å². The first-order chi connectivity index (χ1) is 9.69. The molecule has 1 heterocycles. The molecule has 1 atom stereocenters. The molecule has 1 N–H and O–H groups in total. The number of halogens is 2. The molecule has 0 radical (unpaired) electrons. The Balaban J connectivity index is 1.90. The third-order valence-corrected chi connectivity index (χ3v) is 5.77. The largest absolute Gasteiger partial charge is 0.309 e. The molecule has 1 saturated carbocycles. The lowest BCUT2D eigenvalue weighted by molar-refractivity contribution is 0.504. The van der Waals surface area contributed by atoms with Crippen molar-refractivity contribution in [3.05, 3.63) is 44.7 Å². The van der Waals surface area contributed by atoms with Crippen LogP contribution < -0.4 is 5.32 Å². The third kappa shape index (κ3) is 3.11. The van der Waals surface area contributed by atoms with Crippen LogP contribution in [0.15, 0.2) is 34.8 Å². The zero-order valence-electron chi connectivity index (χ0n) is 11.3. The third-order valence-electron chi connectivity index (χ3n) is 3.64. The average molecular weight is 371 g/mol. The summed E-state index contributed by atoms with van der Waals surface area (Å²) >= 11 is 11.6. The number of hydrogen-bond acceptors (Lipinski definition) is 2. The summed E-state index contributed by atoms with van der Waals surface area (Å²) in [7, 11) is 0. The molecular weight excluding hydrogens is 354 g/mol. The van der Waals surface area contributed by atoms with E-state index in [9.17, 15) is 0 Å². The van der Waals surface area contributed by atoms with Crippen molar-refractivity contribution in [3.63, 3.8) is 0 Å². The van der Waals surface area contributed by atoms with Crippen LogP contribution in [-0.2, 0) is 0 Å². The molecule has 106 valence electrons. The van der Waals surface area contributed by atoms with E-state index in [4.69, 9.17) is 11.6 Å². The molecular formula is C16H17BrClNS. The Morgan fingerprint density at radius 2 is 2.15 bits per heavy atom. The van der Waals surface area contributed by atoms with Crippen LogP contribution in [0, 0.1) is 5.92 Å². The van der Waals surface area contributed by atoms with E-state index in [-0.39, 0.29) is 0 Å². The molecule has 3 rings (SSSR count). The number of hydrogen-bond donors (Lipinski definition) is 1. The monoisotopic (exact) mass is 369 g/mol. The minimum Gasteiger partial charge on any atom is -0.309 e. The molecule has 4 heteroatoms. The van der Waals surface area contributed by atoms with Crippen LogP contribution in [0.25, 0.3) is 10.4 Å². The molecule has 0 aliphatic heterocycles. The zero-order chi connectivity index (χ0) is 14.1. The van der Waals surface area contributed by atoms with Gasteiger partial charge in [-0.15, -0.1) is 11.3 Å². The van der Waals surface area contributed by atoms with E-state index in [0.717, 1.165) is 22.0 Å². The molecule has 1 aliphatic rings. The van der Waals surface area contributed by atoms with Crippen molar-refractivity contribution in [2.24, 2.45) is 5.92 Å². The Labute approximate surface area is 137 Å². The smallest absolute Gasteiger partial charge is 0.0443 e. The normalized spacial score (nSPS) is 16.4. The van der Waals surface area contributed by atoms with E-state index in [1.54, 1.807) is 0 Å². The molecule has 0 amide bonds. The minimum absolute atomic E-state index is 0.525. The predicted molar refractivity (Wildman–Crippen MR) is 91.6 cm³/mol. The van der Waals surface area contributed by atoms with Gasteiger partial charge in [0.05, 0.1) is 0 Å². The van der Waals surface area contributed by atoms with Crippen molar-refractivity contribution in [1.82, 2.24) is 5.32 Å². The molecule has 1 unspecified atom stereocenters. The van der Waals surface area contributed by atoms with Gasteiger partial charge in [0.1, 0.15) is 0 Å². The number of benzene rings is 1. The van der Waals surface area contributed by atoms with Crippen LogP contribution >= 0.6 is 38.9 Å². The minimum atomic E-state index is 0.525. The van der Waals surface area contributed by atoms with Gasteiger partial charge in [-0.2, -0.15) is 0 Å². The molecule has 1 nitrogen and oxygen atoms in total. The van der Waals surface area contributed by atoms with Gasteiger partial charge in [0.15, 0.2) is 0 Å². The average Bonchev–Trinajstić information content (AvgIpc) is 3.16. The van der Waals surface area contributed by atoms with Crippen LogP contribution in [0.1, 0.15) is 30.7 Å². The van der Waals surface area contributed by atoms with E-state index in [0.29, 0.717) is 6.04 Å². The lowest BCUT2D eigenvalue weighted by Gasteiger charge is -2.15. The molecule has 1 aromatic carbocycles. The molecule has 1 fully saturated rings. The first-order valence-corrected chi connectivity index (χ1v) is 8.96. The highest BCUT2D eigenvalue weighted by atomic mass is 79.9. The van der Waals surface area contributed by atoms with Gasteiger partial charge in [-0.25, -0.2) is 0 Å². The Morgan fingerprint density at radius 3 is 2.85 bits per heavy atom. The fraction of sp³-hybridized carbons (Fsp3) is 0.375. The maximum absolute atomic E-state index is 6.12. The summed E-state index contributed by atoms with van der Waals surface area (Å²) in [5, 5.41) is 4.41. The van der Waals surface area contributed by atoms with E-state index in [1.807, 2.05) is 29.5 Å². The summed E-state index contributed by atoms with van der Waals surface area (Å²) in [6.07, 6.45) is 2.71. The fourth-order valence-electron chi connectivity index (χ4n) is 2.50. The SMILES string of the molecule is CCNC(c1ccc(-c2cc(Cl)ccc2Br)s1)C1CC1. The van der Waals surface area contributed by atoms with Gasteiger partial charge in [0.25, 0.3) is 0 Å². The molecule has 2 aromatic rings. The summed E-state index contributed by atoms with van der Waals surface area (Å²) in [5.41, 5.74) is 1.18. The van der Waals surface area contributed by atoms with Crippen molar-refractivity contribution < 1.29 is 0 Å². The molecule has 1 aliphatic carbocycles. The van der Waals surface area contributed by atoms with Gasteiger partial charge in [0.2, 0.25) is 0 Å². The van der Waals surface area contributed by atoms with Crippen LogP contribution in [0.3, 0.4) is 0 Å². The zero-order valence-corrected chi connectivity index (χ0v) is 14.5. The van der Waals surface area contributed by atoms with Crippen LogP contribution in [0.5, 0.6) is 0 Å². The van der Waals surface area contributed by atoms with Crippen molar-refractivity contribution in [2.45, 2.75) is 25.8 Å². The quantitative estimate of drug-likeness (QED) is 0.691. The van der Waals surface area contributed by atoms with Crippen molar-refractivity contribution >= 4 is 38.9 Å². The Morgan fingerprint density at radius 1 is 1.35 bits per heavy atom. The van der Waals surface area contributed by atoms with Crippen molar-refractivity contribution in [3.8, 4) is 10.4 Å². The lowest BCUT2D eigenvalue weighted by Crippen LogP contribution is -2.21. The van der Waals surface area contributed by atoms with Crippen LogP contribution in [0.4, 0.5) is 0 Å². The summed E-state index contributed by atoms with van der Waals surface area (Å²) in [6, 6.07) is 11.0. The Kier molecular flexibility index (Phi) is 4.51. The molecule has 0 spiro atoms. The summed E-state index contributed by atoms with van der Waals surface area (Å²) in [4.78, 5) is 2.72. The maximum Gasteiger partial charge on any atom is 0.0443 e. The highest BCUT2D eigenvalue weighted by Gasteiger charge is 2.32. The second kappa shape index (κ2) is 6.18. The maximum atomic E-state index is 6.12. The number of thiophene rings is 1.